The summed E-state index contributed by atoms with van der Waals surface area (Å²) < 4.78 is 0. The van der Waals surface area contributed by atoms with Crippen LogP contribution in [0.15, 0.2) is 12.2 Å². The van der Waals surface area contributed by atoms with Gasteiger partial charge in [-0.15, -0.1) is 0 Å². The molecule has 0 amide bonds. The number of hydrogen-bond acceptors (Lipinski definition) is 1. The summed E-state index contributed by atoms with van der Waals surface area (Å²) in [5, 5.41) is 0. The molecule has 2 fully saturated rings. The number of allylic oxidation sites excluding steroid dienone is 1. The molecule has 1 heteroatoms. The van der Waals surface area contributed by atoms with Crippen molar-refractivity contribution in [3.05, 3.63) is 12.2 Å². The minimum Gasteiger partial charge on any atom is -0.330 e. The van der Waals surface area contributed by atoms with E-state index < -0.39 is 0 Å². The molecule has 0 heterocycles. The van der Waals surface area contributed by atoms with Gasteiger partial charge in [-0.05, 0) is 50.0 Å². The predicted molar refractivity (Wildman–Crippen MR) is 51.7 cm³/mol. The Hall–Kier alpha value is -0.300. The largest absolute Gasteiger partial charge is 0.330 e. The van der Waals surface area contributed by atoms with Crippen molar-refractivity contribution in [3.63, 3.8) is 0 Å². The van der Waals surface area contributed by atoms with Crippen LogP contribution in [0.25, 0.3) is 0 Å². The van der Waals surface area contributed by atoms with Gasteiger partial charge in [-0.2, -0.15) is 0 Å². The number of rotatable bonds is 3. The van der Waals surface area contributed by atoms with Crippen LogP contribution >= 0.6 is 0 Å². The highest BCUT2D eigenvalue weighted by molar-refractivity contribution is 5.00. The fourth-order valence-electron chi connectivity index (χ4n) is 2.90. The molecule has 2 rings (SSSR count). The summed E-state index contributed by atoms with van der Waals surface area (Å²) >= 11 is 0. The van der Waals surface area contributed by atoms with Gasteiger partial charge in [0.05, 0.1) is 0 Å². The summed E-state index contributed by atoms with van der Waals surface area (Å²) in [6.45, 7) is 0.803. The van der Waals surface area contributed by atoms with Crippen molar-refractivity contribution in [1.82, 2.24) is 0 Å². The molecule has 0 aromatic rings. The Kier molecular flexibility index (Phi) is 2.50. The van der Waals surface area contributed by atoms with Crippen LogP contribution in [0.5, 0.6) is 0 Å². The van der Waals surface area contributed by atoms with Crippen molar-refractivity contribution in [1.29, 1.82) is 0 Å². The highest BCUT2D eigenvalue weighted by Crippen LogP contribution is 2.48. The molecule has 0 saturated heterocycles. The Morgan fingerprint density at radius 3 is 2.75 bits per heavy atom. The SMILES string of the molecule is NCC/C=C/C1CC2CCC1C2. The second-order valence-electron chi connectivity index (χ2n) is 4.34. The molecule has 0 radical (unpaired) electrons. The second-order valence-corrected chi connectivity index (χ2v) is 4.34. The number of hydrogen-bond donors (Lipinski definition) is 1. The quantitative estimate of drug-likeness (QED) is 0.638. The molecule has 0 aromatic heterocycles. The first-order valence-corrected chi connectivity index (χ1v) is 5.27. The van der Waals surface area contributed by atoms with Crippen molar-refractivity contribution < 1.29 is 0 Å². The lowest BCUT2D eigenvalue weighted by Gasteiger charge is -2.17. The van der Waals surface area contributed by atoms with Gasteiger partial charge in [-0.3, -0.25) is 0 Å². The molecule has 12 heavy (non-hydrogen) atoms. The van der Waals surface area contributed by atoms with E-state index in [1.54, 1.807) is 0 Å². The highest BCUT2D eigenvalue weighted by atomic mass is 14.5. The van der Waals surface area contributed by atoms with E-state index in [2.05, 4.69) is 12.2 Å². The summed E-state index contributed by atoms with van der Waals surface area (Å²) in [6.07, 6.45) is 11.7. The Balaban J connectivity index is 1.82. The molecule has 2 aliphatic carbocycles. The zero-order valence-corrected chi connectivity index (χ0v) is 7.71. The van der Waals surface area contributed by atoms with E-state index in [4.69, 9.17) is 5.73 Å². The predicted octanol–water partition coefficient (Wildman–Crippen LogP) is 2.33. The maximum Gasteiger partial charge on any atom is -0.00426 e. The lowest BCUT2D eigenvalue weighted by atomic mass is 9.88. The van der Waals surface area contributed by atoms with Crippen LogP contribution in [0, 0.1) is 17.8 Å². The van der Waals surface area contributed by atoms with E-state index in [1.807, 2.05) is 0 Å². The van der Waals surface area contributed by atoms with E-state index >= 15 is 0 Å². The summed E-state index contributed by atoms with van der Waals surface area (Å²) in [6, 6.07) is 0. The zero-order chi connectivity index (χ0) is 8.39. The minimum absolute atomic E-state index is 0.803. The Labute approximate surface area is 75.0 Å². The summed E-state index contributed by atoms with van der Waals surface area (Å²) in [7, 11) is 0. The standard InChI is InChI=1S/C11H19N/c12-6-2-1-3-10-7-9-4-5-11(10)8-9/h1,3,9-11H,2,4-8,12H2/b3-1+. The van der Waals surface area contributed by atoms with Gasteiger partial charge in [0.2, 0.25) is 0 Å². The Bertz CT molecular complexity index is 174. The minimum atomic E-state index is 0.803. The fourth-order valence-corrected chi connectivity index (χ4v) is 2.90. The molecule has 0 aromatic carbocycles. The molecule has 2 aliphatic rings. The Morgan fingerprint density at radius 2 is 2.17 bits per heavy atom. The molecular formula is C11H19N. The van der Waals surface area contributed by atoms with Crippen molar-refractivity contribution >= 4 is 0 Å². The first-order chi connectivity index (χ1) is 5.90. The van der Waals surface area contributed by atoms with Crippen LogP contribution in [0.4, 0.5) is 0 Å². The van der Waals surface area contributed by atoms with Gasteiger partial charge < -0.3 is 5.73 Å². The normalized spacial score (nSPS) is 39.9. The van der Waals surface area contributed by atoms with E-state index in [-0.39, 0.29) is 0 Å². The maximum absolute atomic E-state index is 5.44. The Morgan fingerprint density at radius 1 is 1.25 bits per heavy atom. The van der Waals surface area contributed by atoms with Crippen LogP contribution in [0.3, 0.4) is 0 Å². The van der Waals surface area contributed by atoms with Gasteiger partial charge in [-0.1, -0.05) is 18.6 Å². The van der Waals surface area contributed by atoms with Crippen LogP contribution in [0.1, 0.15) is 32.1 Å². The van der Waals surface area contributed by atoms with Crippen LogP contribution < -0.4 is 5.73 Å². The van der Waals surface area contributed by atoms with Gasteiger partial charge in [0.15, 0.2) is 0 Å². The van der Waals surface area contributed by atoms with Crippen molar-refractivity contribution in [2.75, 3.05) is 6.54 Å². The molecule has 0 spiro atoms. The first kappa shape index (κ1) is 8.31. The third-order valence-corrected chi connectivity index (χ3v) is 3.51. The van der Waals surface area contributed by atoms with Crippen molar-refractivity contribution in [2.24, 2.45) is 23.5 Å². The smallest absolute Gasteiger partial charge is 0.00426 e. The maximum atomic E-state index is 5.44. The molecule has 68 valence electrons. The fraction of sp³-hybridized carbons (Fsp3) is 0.818. The van der Waals surface area contributed by atoms with Crippen LogP contribution in [-0.2, 0) is 0 Å². The summed E-state index contributed by atoms with van der Waals surface area (Å²) in [5.74, 6) is 3.02. The molecule has 2 bridgehead atoms. The molecule has 2 saturated carbocycles. The average Bonchev–Trinajstić information content (AvgIpc) is 2.65. The van der Waals surface area contributed by atoms with Crippen LogP contribution in [-0.4, -0.2) is 6.54 Å². The van der Waals surface area contributed by atoms with Gasteiger partial charge in [-0.25, -0.2) is 0 Å². The molecular weight excluding hydrogens is 146 g/mol. The van der Waals surface area contributed by atoms with Gasteiger partial charge in [0.1, 0.15) is 0 Å². The van der Waals surface area contributed by atoms with E-state index in [0.717, 1.165) is 30.7 Å². The highest BCUT2D eigenvalue weighted by Gasteiger charge is 2.37. The zero-order valence-electron chi connectivity index (χ0n) is 7.71. The van der Waals surface area contributed by atoms with E-state index in [9.17, 15) is 0 Å². The van der Waals surface area contributed by atoms with Crippen LogP contribution in [0.2, 0.25) is 0 Å². The first-order valence-electron chi connectivity index (χ1n) is 5.27. The molecule has 3 unspecified atom stereocenters. The second kappa shape index (κ2) is 3.61. The average molecular weight is 165 g/mol. The number of fused-ring (bicyclic) bond motifs is 2. The topological polar surface area (TPSA) is 26.0 Å². The molecule has 3 atom stereocenters. The summed E-state index contributed by atoms with van der Waals surface area (Å²) in [4.78, 5) is 0. The monoisotopic (exact) mass is 165 g/mol. The van der Waals surface area contributed by atoms with E-state index in [0.29, 0.717) is 0 Å². The van der Waals surface area contributed by atoms with E-state index in [1.165, 1.54) is 25.7 Å². The summed E-state index contributed by atoms with van der Waals surface area (Å²) in [5.41, 5.74) is 5.44. The van der Waals surface area contributed by atoms with Gasteiger partial charge >= 0.3 is 0 Å². The third-order valence-electron chi connectivity index (χ3n) is 3.51. The molecule has 2 N–H and O–H groups in total. The molecule has 1 nitrogen and oxygen atoms in total. The van der Waals surface area contributed by atoms with Crippen molar-refractivity contribution in [2.45, 2.75) is 32.1 Å². The van der Waals surface area contributed by atoms with Gasteiger partial charge in [0, 0.05) is 0 Å². The van der Waals surface area contributed by atoms with Crippen molar-refractivity contribution in [3.8, 4) is 0 Å². The lowest BCUT2D eigenvalue weighted by molar-refractivity contribution is 0.394. The van der Waals surface area contributed by atoms with Gasteiger partial charge in [0.25, 0.3) is 0 Å². The molecule has 0 aliphatic heterocycles. The third kappa shape index (κ3) is 1.56. The lowest BCUT2D eigenvalue weighted by Crippen LogP contribution is -2.07. The number of nitrogens with two attached hydrogens (primary N) is 1.